The second-order valence-electron chi connectivity index (χ2n) is 5.93. The minimum Gasteiger partial charge on any atom is -0.545 e. The van der Waals surface area contributed by atoms with Crippen molar-refractivity contribution in [1.29, 1.82) is 0 Å². The molecule has 1 aromatic heterocycles. The van der Waals surface area contributed by atoms with Gasteiger partial charge in [0.15, 0.2) is 5.76 Å². The number of hydrogen-bond acceptors (Lipinski definition) is 5. The van der Waals surface area contributed by atoms with Crippen molar-refractivity contribution < 1.29 is 19.2 Å². The second-order valence-corrected chi connectivity index (χ2v) is 5.93. The number of nitrogens with one attached hydrogen (secondary N) is 1. The average Bonchev–Trinajstić information content (AvgIpc) is 3.12. The van der Waals surface area contributed by atoms with Crippen molar-refractivity contribution in [2.45, 2.75) is 0 Å². The van der Waals surface area contributed by atoms with Crippen LogP contribution in [0.5, 0.6) is 0 Å². The Bertz CT molecular complexity index is 1130. The van der Waals surface area contributed by atoms with E-state index < -0.39 is 5.97 Å². The molecule has 0 saturated heterocycles. The van der Waals surface area contributed by atoms with Crippen molar-refractivity contribution in [2.75, 3.05) is 5.32 Å². The van der Waals surface area contributed by atoms with Gasteiger partial charge in [-0.15, -0.1) is 0 Å². The molecular formula is C21H13N2O4-. The summed E-state index contributed by atoms with van der Waals surface area (Å²) in [6.07, 6.45) is 0. The molecule has 3 aromatic carbocycles. The number of aromatic carboxylic acids is 1. The minimum absolute atomic E-state index is 0.0476. The van der Waals surface area contributed by atoms with Crippen LogP contribution in [0.25, 0.3) is 22.2 Å². The van der Waals surface area contributed by atoms with E-state index in [1.807, 2.05) is 30.3 Å². The molecule has 0 spiro atoms. The van der Waals surface area contributed by atoms with Crippen molar-refractivity contribution >= 4 is 28.5 Å². The fourth-order valence-corrected chi connectivity index (χ4v) is 2.77. The first-order chi connectivity index (χ1) is 13.1. The molecule has 27 heavy (non-hydrogen) atoms. The van der Waals surface area contributed by atoms with Crippen LogP contribution in [0.3, 0.4) is 0 Å². The van der Waals surface area contributed by atoms with Crippen molar-refractivity contribution in [1.82, 2.24) is 5.16 Å². The summed E-state index contributed by atoms with van der Waals surface area (Å²) in [5, 5.41) is 18.3. The van der Waals surface area contributed by atoms with E-state index in [4.69, 9.17) is 4.52 Å². The molecule has 0 aliphatic carbocycles. The van der Waals surface area contributed by atoms with Gasteiger partial charge < -0.3 is 19.7 Å². The summed E-state index contributed by atoms with van der Waals surface area (Å²) in [6, 6.07) is 20.4. The van der Waals surface area contributed by atoms with Crippen LogP contribution in [-0.4, -0.2) is 17.0 Å². The predicted octanol–water partition coefficient (Wildman–Crippen LogP) is 3.11. The monoisotopic (exact) mass is 357 g/mol. The number of carboxylic acids is 1. The van der Waals surface area contributed by atoms with Gasteiger partial charge in [-0.2, -0.15) is 0 Å². The first-order valence-electron chi connectivity index (χ1n) is 8.19. The van der Waals surface area contributed by atoms with Crippen molar-refractivity contribution in [3.63, 3.8) is 0 Å². The quantitative estimate of drug-likeness (QED) is 0.605. The molecular weight excluding hydrogens is 344 g/mol. The van der Waals surface area contributed by atoms with Gasteiger partial charge in [0, 0.05) is 16.8 Å². The highest BCUT2D eigenvalue weighted by Crippen LogP contribution is 2.29. The molecule has 4 aromatic rings. The first-order valence-corrected chi connectivity index (χ1v) is 8.19. The van der Waals surface area contributed by atoms with E-state index in [2.05, 4.69) is 10.5 Å². The lowest BCUT2D eigenvalue weighted by molar-refractivity contribution is -0.255. The fourth-order valence-electron chi connectivity index (χ4n) is 2.77. The number of hydrogen-bond donors (Lipinski definition) is 1. The highest BCUT2D eigenvalue weighted by Gasteiger charge is 2.14. The summed E-state index contributed by atoms with van der Waals surface area (Å²) in [5.41, 5.74) is 2.50. The molecule has 0 unspecified atom stereocenters. The van der Waals surface area contributed by atoms with Crippen LogP contribution < -0.4 is 10.4 Å². The van der Waals surface area contributed by atoms with Gasteiger partial charge in [0.25, 0.3) is 5.91 Å². The standard InChI is InChI=1S/C21H14N2O4/c24-20(22-16-9-6-14(7-10-16)21(25)26)15-8-11-18-17(12-15)19(27-23-18)13-4-2-1-3-5-13/h1-12H,(H,22,24)(H,25,26)/p-1. The Balaban J connectivity index is 1.63. The van der Waals surface area contributed by atoms with Gasteiger partial charge in [-0.1, -0.05) is 47.6 Å². The van der Waals surface area contributed by atoms with Gasteiger partial charge in [0.05, 0.1) is 11.4 Å². The maximum atomic E-state index is 12.6. The molecule has 6 nitrogen and oxygen atoms in total. The number of anilines is 1. The maximum absolute atomic E-state index is 12.6. The van der Waals surface area contributed by atoms with Crippen LogP contribution in [0.1, 0.15) is 20.7 Å². The molecule has 4 rings (SSSR count). The first kappa shape index (κ1) is 16.5. The maximum Gasteiger partial charge on any atom is 0.255 e. The molecule has 0 aliphatic rings. The lowest BCUT2D eigenvalue weighted by atomic mass is 10.1. The van der Waals surface area contributed by atoms with Gasteiger partial charge in [-0.3, -0.25) is 4.79 Å². The number of fused-ring (bicyclic) bond motifs is 1. The van der Waals surface area contributed by atoms with Crippen LogP contribution >= 0.6 is 0 Å². The Labute approximate surface area is 154 Å². The summed E-state index contributed by atoms with van der Waals surface area (Å²) in [5.74, 6) is -0.990. The molecule has 0 atom stereocenters. The van der Waals surface area contributed by atoms with Crippen molar-refractivity contribution in [2.24, 2.45) is 0 Å². The van der Waals surface area contributed by atoms with E-state index in [1.165, 1.54) is 24.3 Å². The number of benzene rings is 3. The zero-order chi connectivity index (χ0) is 18.8. The van der Waals surface area contributed by atoms with Crippen LogP contribution in [0, 0.1) is 0 Å². The number of rotatable bonds is 4. The molecule has 1 amide bonds. The molecule has 0 aliphatic heterocycles. The number of amides is 1. The molecule has 132 valence electrons. The van der Waals surface area contributed by atoms with E-state index in [0.29, 0.717) is 22.5 Å². The van der Waals surface area contributed by atoms with Crippen LogP contribution in [0.2, 0.25) is 0 Å². The van der Waals surface area contributed by atoms with Crippen LogP contribution in [0.4, 0.5) is 5.69 Å². The third kappa shape index (κ3) is 3.28. The molecule has 0 bridgehead atoms. The largest absolute Gasteiger partial charge is 0.545 e. The second kappa shape index (κ2) is 6.76. The molecule has 0 fully saturated rings. The third-order valence-corrected chi connectivity index (χ3v) is 4.15. The van der Waals surface area contributed by atoms with Crippen LogP contribution in [-0.2, 0) is 0 Å². The number of carboxylic acid groups (broad SMARTS) is 1. The van der Waals surface area contributed by atoms with Gasteiger partial charge in [0.2, 0.25) is 0 Å². The lowest BCUT2D eigenvalue weighted by Gasteiger charge is -2.07. The van der Waals surface area contributed by atoms with Crippen molar-refractivity contribution in [3.05, 3.63) is 83.9 Å². The molecule has 0 radical (unpaired) electrons. The third-order valence-electron chi connectivity index (χ3n) is 4.15. The summed E-state index contributed by atoms with van der Waals surface area (Å²) >= 11 is 0. The number of carbonyl (C=O) groups excluding carboxylic acids is 2. The highest BCUT2D eigenvalue weighted by molar-refractivity contribution is 6.07. The van der Waals surface area contributed by atoms with Gasteiger partial charge in [-0.25, -0.2) is 0 Å². The fraction of sp³-hybridized carbons (Fsp3) is 0. The number of carbonyl (C=O) groups is 2. The van der Waals surface area contributed by atoms with Crippen LogP contribution in [0.15, 0.2) is 77.3 Å². The number of aromatic nitrogens is 1. The Kier molecular flexibility index (Phi) is 4.14. The van der Waals surface area contributed by atoms with Crippen molar-refractivity contribution in [3.8, 4) is 11.3 Å². The Hall–Kier alpha value is -3.93. The average molecular weight is 357 g/mol. The lowest BCUT2D eigenvalue weighted by Crippen LogP contribution is -2.22. The number of nitrogens with zero attached hydrogens (tertiary/aromatic N) is 1. The summed E-state index contributed by atoms with van der Waals surface area (Å²) in [7, 11) is 0. The van der Waals surface area contributed by atoms with E-state index >= 15 is 0 Å². The van der Waals surface area contributed by atoms with E-state index in [-0.39, 0.29) is 11.5 Å². The molecule has 0 saturated carbocycles. The Morgan fingerprint density at radius 3 is 2.30 bits per heavy atom. The normalized spacial score (nSPS) is 10.7. The van der Waals surface area contributed by atoms with E-state index in [0.717, 1.165) is 10.9 Å². The molecule has 1 N–H and O–H groups in total. The molecule has 6 heteroatoms. The topological polar surface area (TPSA) is 95.3 Å². The smallest absolute Gasteiger partial charge is 0.255 e. The minimum atomic E-state index is -1.26. The summed E-state index contributed by atoms with van der Waals surface area (Å²) in [4.78, 5) is 23.3. The van der Waals surface area contributed by atoms with E-state index in [1.54, 1.807) is 18.2 Å². The molecule has 1 heterocycles. The zero-order valence-electron chi connectivity index (χ0n) is 14.0. The van der Waals surface area contributed by atoms with E-state index in [9.17, 15) is 14.7 Å². The van der Waals surface area contributed by atoms with Gasteiger partial charge >= 0.3 is 0 Å². The summed E-state index contributed by atoms with van der Waals surface area (Å²) < 4.78 is 5.45. The zero-order valence-corrected chi connectivity index (χ0v) is 14.0. The Morgan fingerprint density at radius 1 is 0.889 bits per heavy atom. The van der Waals surface area contributed by atoms with Gasteiger partial charge in [0.1, 0.15) is 5.52 Å². The highest BCUT2D eigenvalue weighted by atomic mass is 16.5. The predicted molar refractivity (Wildman–Crippen MR) is 98.2 cm³/mol. The SMILES string of the molecule is O=C([O-])c1ccc(NC(=O)c2ccc3noc(-c4ccccc4)c3c2)cc1. The summed E-state index contributed by atoms with van der Waals surface area (Å²) in [6.45, 7) is 0. The van der Waals surface area contributed by atoms with Gasteiger partial charge in [-0.05, 0) is 35.9 Å². The Morgan fingerprint density at radius 2 is 1.59 bits per heavy atom.